The molecule has 0 saturated carbocycles. The average Bonchev–Trinajstić information content (AvgIpc) is 2.91. The molecule has 12 nitrogen and oxygen atoms in total. The first-order chi connectivity index (χ1) is 18.3. The molecule has 38 heavy (non-hydrogen) atoms. The lowest BCUT2D eigenvalue weighted by molar-refractivity contribution is -0.132. The van der Waals surface area contributed by atoms with E-state index < -0.39 is 12.1 Å². The highest BCUT2D eigenvalue weighted by molar-refractivity contribution is 5.92. The van der Waals surface area contributed by atoms with Gasteiger partial charge in [0.2, 0.25) is 23.7 Å². The summed E-state index contributed by atoms with van der Waals surface area (Å²) in [4.78, 5) is 56.2. The smallest absolute Gasteiger partial charge is 0.243 e. The molecule has 12 heteroatoms. The Morgan fingerprint density at radius 1 is 0.895 bits per heavy atom. The molecule has 2 aliphatic heterocycles. The summed E-state index contributed by atoms with van der Waals surface area (Å²) in [5, 5.41) is 11.6. The van der Waals surface area contributed by atoms with Crippen molar-refractivity contribution in [2.24, 2.45) is 5.92 Å². The Bertz CT molecular complexity index is 1120. The van der Waals surface area contributed by atoms with Crippen molar-refractivity contribution in [1.29, 1.82) is 0 Å². The van der Waals surface area contributed by atoms with Gasteiger partial charge in [-0.05, 0) is 25.0 Å². The van der Waals surface area contributed by atoms with Crippen LogP contribution in [0.25, 0.3) is 0 Å². The Morgan fingerprint density at radius 2 is 1.63 bits per heavy atom. The molecular formula is C26H37N9O3. The van der Waals surface area contributed by atoms with E-state index in [2.05, 4.69) is 36.1 Å². The van der Waals surface area contributed by atoms with Crippen LogP contribution in [-0.4, -0.2) is 84.0 Å². The largest absolute Gasteiger partial charge is 0.369 e. The Kier molecular flexibility index (Phi) is 8.93. The number of rotatable bonds is 3. The van der Waals surface area contributed by atoms with Gasteiger partial charge in [-0.1, -0.05) is 19.9 Å². The molecule has 0 spiro atoms. The van der Waals surface area contributed by atoms with Gasteiger partial charge in [-0.25, -0.2) is 9.97 Å². The van der Waals surface area contributed by atoms with Crippen molar-refractivity contribution in [1.82, 2.24) is 30.9 Å². The van der Waals surface area contributed by atoms with Gasteiger partial charge in [-0.2, -0.15) is 4.98 Å². The van der Waals surface area contributed by atoms with Gasteiger partial charge in [0.15, 0.2) is 0 Å². The fourth-order valence-electron chi connectivity index (χ4n) is 4.44. The molecule has 4 N–H and O–H groups in total. The Balaban J connectivity index is 1.48. The Labute approximate surface area is 223 Å². The monoisotopic (exact) mass is 523 g/mol. The molecule has 2 aromatic rings. The highest BCUT2D eigenvalue weighted by atomic mass is 16.2. The van der Waals surface area contributed by atoms with Crippen molar-refractivity contribution in [3.63, 3.8) is 0 Å². The van der Waals surface area contributed by atoms with Crippen LogP contribution in [-0.2, 0) is 20.8 Å². The molecule has 0 aliphatic carbocycles. The molecule has 2 atom stereocenters. The van der Waals surface area contributed by atoms with E-state index >= 15 is 0 Å². The number of hydrogen-bond donors (Lipinski definition) is 4. The molecule has 0 radical (unpaired) electrons. The minimum atomic E-state index is -0.734. The summed E-state index contributed by atoms with van der Waals surface area (Å²) in [5.74, 6) is 1.13. The molecule has 3 amide bonds. The summed E-state index contributed by atoms with van der Waals surface area (Å²) in [6.07, 6.45) is 2.47. The summed E-state index contributed by atoms with van der Waals surface area (Å²) in [6.45, 7) is 9.14. The molecule has 2 aliphatic rings. The van der Waals surface area contributed by atoms with Crippen molar-refractivity contribution in [2.75, 3.05) is 54.4 Å². The first kappa shape index (κ1) is 27.1. The zero-order valence-electron chi connectivity index (χ0n) is 22.2. The van der Waals surface area contributed by atoms with Gasteiger partial charge in [-0.15, -0.1) is 0 Å². The van der Waals surface area contributed by atoms with Gasteiger partial charge >= 0.3 is 0 Å². The predicted octanol–water partition coefficient (Wildman–Crippen LogP) is 0.318. The molecule has 4 heterocycles. The zero-order chi connectivity index (χ0) is 27.1. The number of pyridine rings is 1. The summed E-state index contributed by atoms with van der Waals surface area (Å²) >= 11 is 0. The average molecular weight is 524 g/mol. The van der Waals surface area contributed by atoms with Crippen LogP contribution < -0.4 is 31.1 Å². The van der Waals surface area contributed by atoms with Crippen molar-refractivity contribution >= 4 is 35.3 Å². The SMILES string of the molecule is CC(C)[C@H]1NC(=O)CCNc2cc(nc(N3CCN(c4ccccn4)CC3)n2)CCNC(=O)[C@H](C)NC1=O. The van der Waals surface area contributed by atoms with Crippen LogP contribution in [0.3, 0.4) is 0 Å². The number of amides is 3. The molecule has 4 rings (SSSR count). The first-order valence-corrected chi connectivity index (χ1v) is 13.2. The molecular weight excluding hydrogens is 486 g/mol. The van der Waals surface area contributed by atoms with E-state index in [1.807, 2.05) is 38.1 Å². The molecule has 2 aromatic heterocycles. The van der Waals surface area contributed by atoms with Crippen LogP contribution in [0.1, 0.15) is 32.9 Å². The number of carbonyl (C=O) groups is 3. The predicted molar refractivity (Wildman–Crippen MR) is 145 cm³/mol. The summed E-state index contributed by atoms with van der Waals surface area (Å²) < 4.78 is 0. The number of fused-ring (bicyclic) bond motifs is 2. The number of nitrogens with one attached hydrogen (secondary N) is 4. The summed E-state index contributed by atoms with van der Waals surface area (Å²) in [5.41, 5.74) is 0.776. The topological polar surface area (TPSA) is 144 Å². The molecule has 1 saturated heterocycles. The van der Waals surface area contributed by atoms with E-state index in [0.717, 1.165) is 37.7 Å². The standard InChI is InChI=1S/C26H37N9O3/c1-17(2)23-25(38)30-18(3)24(37)29-10-7-19-16-20(27-11-8-22(36)33-23)32-26(31-19)35-14-12-34(13-15-35)21-6-4-5-9-28-21/h4-6,9,16-18,23H,7-8,10-15H2,1-3H3,(H,29,37)(H,30,38)(H,33,36)(H,27,31,32)/t18-,23+/m0/s1. The van der Waals surface area contributed by atoms with E-state index in [4.69, 9.17) is 9.97 Å². The van der Waals surface area contributed by atoms with Crippen LogP contribution in [0.5, 0.6) is 0 Å². The lowest BCUT2D eigenvalue weighted by Crippen LogP contribution is -2.54. The lowest BCUT2D eigenvalue weighted by atomic mass is 10.0. The van der Waals surface area contributed by atoms with E-state index in [1.165, 1.54) is 0 Å². The number of hydrogen-bond acceptors (Lipinski definition) is 9. The van der Waals surface area contributed by atoms with Gasteiger partial charge in [0.05, 0.1) is 0 Å². The molecule has 2 bridgehead atoms. The number of anilines is 3. The minimum absolute atomic E-state index is 0.133. The van der Waals surface area contributed by atoms with Crippen molar-refractivity contribution < 1.29 is 14.4 Å². The van der Waals surface area contributed by atoms with Gasteiger partial charge in [0, 0.05) is 70.1 Å². The number of aromatic nitrogens is 3. The third-order valence-corrected chi connectivity index (χ3v) is 6.66. The van der Waals surface area contributed by atoms with E-state index in [-0.39, 0.29) is 30.1 Å². The van der Waals surface area contributed by atoms with Crippen molar-refractivity contribution in [2.45, 2.75) is 45.7 Å². The second-order valence-electron chi connectivity index (χ2n) is 9.94. The Hall–Kier alpha value is -3.96. The molecule has 1 fully saturated rings. The van der Waals surface area contributed by atoms with E-state index in [0.29, 0.717) is 31.3 Å². The second kappa shape index (κ2) is 12.5. The molecule has 0 aromatic carbocycles. The van der Waals surface area contributed by atoms with Crippen LogP contribution in [0.4, 0.5) is 17.6 Å². The highest BCUT2D eigenvalue weighted by Gasteiger charge is 2.27. The summed E-state index contributed by atoms with van der Waals surface area (Å²) in [6, 6.07) is 6.29. The first-order valence-electron chi connectivity index (χ1n) is 13.2. The van der Waals surface area contributed by atoms with Crippen LogP contribution in [0.2, 0.25) is 0 Å². The number of piperazine rings is 1. The van der Waals surface area contributed by atoms with Gasteiger partial charge < -0.3 is 31.1 Å². The van der Waals surface area contributed by atoms with Crippen LogP contribution in [0, 0.1) is 5.92 Å². The zero-order valence-corrected chi connectivity index (χ0v) is 22.2. The maximum atomic E-state index is 12.7. The quantitative estimate of drug-likeness (QED) is 0.447. The molecule has 0 unspecified atom stereocenters. The summed E-state index contributed by atoms with van der Waals surface area (Å²) in [7, 11) is 0. The molecule has 204 valence electrons. The van der Waals surface area contributed by atoms with Crippen molar-refractivity contribution in [3.05, 3.63) is 36.2 Å². The maximum Gasteiger partial charge on any atom is 0.243 e. The van der Waals surface area contributed by atoms with Gasteiger partial charge in [0.1, 0.15) is 23.7 Å². The van der Waals surface area contributed by atoms with Gasteiger partial charge in [-0.3, -0.25) is 14.4 Å². The van der Waals surface area contributed by atoms with Crippen LogP contribution >= 0.6 is 0 Å². The van der Waals surface area contributed by atoms with Gasteiger partial charge in [0.25, 0.3) is 0 Å². The van der Waals surface area contributed by atoms with Crippen LogP contribution in [0.15, 0.2) is 30.5 Å². The maximum absolute atomic E-state index is 12.7. The fraction of sp³-hybridized carbons (Fsp3) is 0.538. The lowest BCUT2D eigenvalue weighted by Gasteiger charge is -2.35. The van der Waals surface area contributed by atoms with Crippen molar-refractivity contribution in [3.8, 4) is 0 Å². The minimum Gasteiger partial charge on any atom is -0.369 e. The van der Waals surface area contributed by atoms with E-state index in [1.54, 1.807) is 13.1 Å². The highest BCUT2D eigenvalue weighted by Crippen LogP contribution is 2.19. The third kappa shape index (κ3) is 7.08. The second-order valence-corrected chi connectivity index (χ2v) is 9.94. The Morgan fingerprint density at radius 3 is 2.34 bits per heavy atom. The fourth-order valence-corrected chi connectivity index (χ4v) is 4.44. The normalized spacial score (nSPS) is 21.8. The number of carbonyl (C=O) groups excluding carboxylic acids is 3. The third-order valence-electron chi connectivity index (χ3n) is 6.66. The van der Waals surface area contributed by atoms with E-state index in [9.17, 15) is 14.4 Å². The number of nitrogens with zero attached hydrogens (tertiary/aromatic N) is 5.